The Kier molecular flexibility index (Phi) is 4.24. The molecular weight excluding hydrogens is 332 g/mol. The van der Waals surface area contributed by atoms with Crippen molar-refractivity contribution in [3.05, 3.63) is 53.6 Å². The van der Waals surface area contributed by atoms with Crippen LogP contribution < -0.4 is 19.7 Å². The summed E-state index contributed by atoms with van der Waals surface area (Å²) < 4.78 is 11.1. The molecule has 0 spiro atoms. The fourth-order valence-corrected chi connectivity index (χ4v) is 3.34. The quantitative estimate of drug-likeness (QED) is 0.920. The highest BCUT2D eigenvalue weighted by Gasteiger charge is 2.32. The molecule has 1 N–H and O–H groups in total. The normalized spacial score (nSPS) is 18.7. The topological polar surface area (TPSA) is 67.9 Å². The van der Waals surface area contributed by atoms with Gasteiger partial charge in [0.1, 0.15) is 13.2 Å². The lowest BCUT2D eigenvalue weighted by molar-refractivity contribution is -0.117. The molecule has 0 aromatic heterocycles. The van der Waals surface area contributed by atoms with Crippen LogP contribution in [0.4, 0.5) is 5.69 Å². The number of carbonyl (C=O) groups excluding carboxylic acids is 2. The van der Waals surface area contributed by atoms with E-state index >= 15 is 0 Å². The zero-order chi connectivity index (χ0) is 18.1. The Labute approximate surface area is 151 Å². The summed E-state index contributed by atoms with van der Waals surface area (Å²) in [7, 11) is 0. The zero-order valence-corrected chi connectivity index (χ0v) is 14.5. The molecule has 6 nitrogen and oxygen atoms in total. The first kappa shape index (κ1) is 16.4. The Hall–Kier alpha value is -3.02. The van der Waals surface area contributed by atoms with Gasteiger partial charge < -0.3 is 19.7 Å². The van der Waals surface area contributed by atoms with Gasteiger partial charge in [-0.05, 0) is 30.7 Å². The maximum absolute atomic E-state index is 12.5. The average molecular weight is 352 g/mol. The molecule has 2 aliphatic heterocycles. The molecular formula is C20H20N2O4. The van der Waals surface area contributed by atoms with Crippen LogP contribution in [0.1, 0.15) is 22.3 Å². The number of hydrogen-bond acceptors (Lipinski definition) is 4. The number of benzene rings is 2. The largest absolute Gasteiger partial charge is 0.486 e. The summed E-state index contributed by atoms with van der Waals surface area (Å²) in [5, 5.41) is 2.97. The number of hydrogen-bond donors (Lipinski definition) is 1. The second-order valence-electron chi connectivity index (χ2n) is 6.52. The lowest BCUT2D eigenvalue weighted by Gasteiger charge is -2.22. The smallest absolute Gasteiger partial charge is 0.251 e. The average Bonchev–Trinajstić information content (AvgIpc) is 3.01. The highest BCUT2D eigenvalue weighted by atomic mass is 16.6. The first-order chi connectivity index (χ1) is 12.6. The molecule has 2 heterocycles. The molecule has 0 radical (unpaired) electrons. The summed E-state index contributed by atoms with van der Waals surface area (Å²) in [6.07, 6.45) is 0.284. The van der Waals surface area contributed by atoms with Crippen molar-refractivity contribution in [2.24, 2.45) is 0 Å². The molecule has 0 unspecified atom stereocenters. The summed E-state index contributed by atoms with van der Waals surface area (Å²) >= 11 is 0. The maximum atomic E-state index is 12.5. The van der Waals surface area contributed by atoms with Crippen molar-refractivity contribution in [1.29, 1.82) is 0 Å². The van der Waals surface area contributed by atoms with Crippen LogP contribution >= 0.6 is 0 Å². The molecule has 26 heavy (non-hydrogen) atoms. The van der Waals surface area contributed by atoms with E-state index in [1.54, 1.807) is 11.0 Å². The van der Waals surface area contributed by atoms with E-state index in [1.165, 1.54) is 0 Å². The Bertz CT molecular complexity index is 865. The fourth-order valence-electron chi connectivity index (χ4n) is 3.34. The molecule has 4 rings (SSSR count). The van der Waals surface area contributed by atoms with Gasteiger partial charge in [-0.2, -0.15) is 0 Å². The number of nitrogens with one attached hydrogen (secondary N) is 1. The lowest BCUT2D eigenvalue weighted by atomic mass is 10.1. The Morgan fingerprint density at radius 1 is 1.12 bits per heavy atom. The van der Waals surface area contributed by atoms with Gasteiger partial charge in [-0.3, -0.25) is 9.59 Å². The monoisotopic (exact) mass is 352 g/mol. The van der Waals surface area contributed by atoms with Crippen LogP contribution in [0.25, 0.3) is 0 Å². The van der Waals surface area contributed by atoms with E-state index in [-0.39, 0.29) is 24.3 Å². The Morgan fingerprint density at radius 3 is 2.69 bits per heavy atom. The molecule has 0 saturated carbocycles. The molecule has 1 fully saturated rings. The van der Waals surface area contributed by atoms with Crippen molar-refractivity contribution in [3.63, 3.8) is 0 Å². The Balaban J connectivity index is 1.47. The van der Waals surface area contributed by atoms with Gasteiger partial charge in [-0.15, -0.1) is 0 Å². The molecule has 2 aliphatic rings. The Morgan fingerprint density at radius 2 is 1.88 bits per heavy atom. The summed E-state index contributed by atoms with van der Waals surface area (Å²) in [5.41, 5.74) is 2.31. The fraction of sp³-hybridized carbons (Fsp3) is 0.300. The first-order valence-corrected chi connectivity index (χ1v) is 8.68. The minimum absolute atomic E-state index is 0.0169. The van der Waals surface area contributed by atoms with Crippen molar-refractivity contribution in [3.8, 4) is 11.5 Å². The summed E-state index contributed by atoms with van der Waals surface area (Å²) in [6.45, 7) is 3.37. The van der Waals surface area contributed by atoms with Crippen molar-refractivity contribution < 1.29 is 19.1 Å². The van der Waals surface area contributed by atoms with Crippen molar-refractivity contribution >= 4 is 17.5 Å². The molecule has 0 bridgehead atoms. The van der Waals surface area contributed by atoms with E-state index < -0.39 is 0 Å². The number of ether oxygens (including phenoxy) is 2. The molecule has 2 aromatic rings. The SMILES string of the molecule is Cc1ccccc1C(=O)N[C@H]1CC(=O)N(c2ccc3c(c2)OCCO3)C1. The third kappa shape index (κ3) is 3.10. The highest BCUT2D eigenvalue weighted by Crippen LogP contribution is 2.35. The van der Waals surface area contributed by atoms with Crippen LogP contribution in [0, 0.1) is 6.92 Å². The summed E-state index contributed by atoms with van der Waals surface area (Å²) in [5.74, 6) is 1.17. The van der Waals surface area contributed by atoms with Gasteiger partial charge in [0.2, 0.25) is 5.91 Å². The number of anilines is 1. The summed E-state index contributed by atoms with van der Waals surface area (Å²) in [6, 6.07) is 12.7. The van der Waals surface area contributed by atoms with Gasteiger partial charge in [0, 0.05) is 30.3 Å². The van der Waals surface area contributed by atoms with E-state index in [0.717, 1.165) is 11.3 Å². The van der Waals surface area contributed by atoms with Gasteiger partial charge in [0.25, 0.3) is 5.91 Å². The number of nitrogens with zero attached hydrogens (tertiary/aromatic N) is 1. The van der Waals surface area contributed by atoms with Crippen LogP contribution in [-0.4, -0.2) is 37.6 Å². The molecule has 1 saturated heterocycles. The van der Waals surface area contributed by atoms with Crippen LogP contribution in [0.3, 0.4) is 0 Å². The lowest BCUT2D eigenvalue weighted by Crippen LogP contribution is -2.37. The van der Waals surface area contributed by atoms with Gasteiger partial charge >= 0.3 is 0 Å². The number of fused-ring (bicyclic) bond motifs is 1. The number of rotatable bonds is 3. The first-order valence-electron chi connectivity index (χ1n) is 8.68. The van der Waals surface area contributed by atoms with Gasteiger partial charge in [-0.1, -0.05) is 18.2 Å². The third-order valence-corrected chi connectivity index (χ3v) is 4.69. The second kappa shape index (κ2) is 6.71. The van der Waals surface area contributed by atoms with E-state index in [1.807, 2.05) is 43.3 Å². The molecule has 0 aliphatic carbocycles. The van der Waals surface area contributed by atoms with Gasteiger partial charge in [-0.25, -0.2) is 0 Å². The van der Waals surface area contributed by atoms with Crippen LogP contribution in [0.2, 0.25) is 0 Å². The number of carbonyl (C=O) groups is 2. The van der Waals surface area contributed by atoms with Crippen LogP contribution in [-0.2, 0) is 4.79 Å². The molecule has 2 amide bonds. The van der Waals surface area contributed by atoms with Crippen molar-refractivity contribution in [1.82, 2.24) is 5.32 Å². The second-order valence-corrected chi connectivity index (χ2v) is 6.52. The molecule has 1 atom stereocenters. The summed E-state index contributed by atoms with van der Waals surface area (Å²) in [4.78, 5) is 26.6. The highest BCUT2D eigenvalue weighted by molar-refractivity contribution is 5.99. The standard InChI is InChI=1S/C20H20N2O4/c1-13-4-2-3-5-16(13)20(24)21-14-10-19(23)22(12-14)15-6-7-17-18(11-15)26-9-8-25-17/h2-7,11,14H,8-10,12H2,1H3,(H,21,24)/t14-/m0/s1. The van der Waals surface area contributed by atoms with Crippen molar-refractivity contribution in [2.75, 3.05) is 24.7 Å². The molecule has 6 heteroatoms. The predicted molar refractivity (Wildman–Crippen MR) is 96.8 cm³/mol. The minimum Gasteiger partial charge on any atom is -0.486 e. The maximum Gasteiger partial charge on any atom is 0.251 e. The number of aryl methyl sites for hydroxylation is 1. The molecule has 134 valence electrons. The molecule has 2 aromatic carbocycles. The minimum atomic E-state index is -0.220. The third-order valence-electron chi connectivity index (χ3n) is 4.69. The van der Waals surface area contributed by atoms with Crippen LogP contribution in [0.5, 0.6) is 11.5 Å². The van der Waals surface area contributed by atoms with Gasteiger partial charge in [0.05, 0.1) is 6.04 Å². The van der Waals surface area contributed by atoms with E-state index in [2.05, 4.69) is 5.32 Å². The van der Waals surface area contributed by atoms with E-state index in [0.29, 0.717) is 36.8 Å². The van der Waals surface area contributed by atoms with E-state index in [4.69, 9.17) is 9.47 Å². The zero-order valence-electron chi connectivity index (χ0n) is 14.5. The predicted octanol–water partition coefficient (Wildman–Crippen LogP) is 2.30. The van der Waals surface area contributed by atoms with Crippen LogP contribution in [0.15, 0.2) is 42.5 Å². The van der Waals surface area contributed by atoms with E-state index in [9.17, 15) is 9.59 Å². The van der Waals surface area contributed by atoms with Gasteiger partial charge in [0.15, 0.2) is 11.5 Å². The van der Waals surface area contributed by atoms with Crippen molar-refractivity contribution in [2.45, 2.75) is 19.4 Å². The number of amides is 2.